The van der Waals surface area contributed by atoms with Crippen LogP contribution in [0.25, 0.3) is 0 Å². The van der Waals surface area contributed by atoms with Crippen molar-refractivity contribution in [3.63, 3.8) is 0 Å². The van der Waals surface area contributed by atoms with Gasteiger partial charge in [0.2, 0.25) is 0 Å². The second-order valence-electron chi connectivity index (χ2n) is 6.15. The van der Waals surface area contributed by atoms with Crippen molar-refractivity contribution in [1.29, 1.82) is 0 Å². The minimum Gasteiger partial charge on any atom is -0.481 e. The lowest BCUT2D eigenvalue weighted by Crippen LogP contribution is -2.30. The SMILES string of the molecule is C[C@H](Oc1ccc(N(C)S(=O)(=O)c2cccs2)cc1)C(=O)Nc1ccc(Br)cc1. The first kappa shape index (κ1) is 21.4. The van der Waals surface area contributed by atoms with Crippen molar-refractivity contribution in [1.82, 2.24) is 0 Å². The van der Waals surface area contributed by atoms with E-state index in [0.717, 1.165) is 4.47 Å². The molecule has 1 heterocycles. The molecule has 0 aliphatic carbocycles. The van der Waals surface area contributed by atoms with Gasteiger partial charge in [0.05, 0.1) is 5.69 Å². The Morgan fingerprint density at radius 3 is 2.34 bits per heavy atom. The number of hydrogen-bond donors (Lipinski definition) is 1. The van der Waals surface area contributed by atoms with Gasteiger partial charge in [-0.3, -0.25) is 9.10 Å². The molecule has 3 aromatic rings. The molecule has 1 N–H and O–H groups in total. The Labute approximate surface area is 182 Å². The van der Waals surface area contributed by atoms with Crippen LogP contribution >= 0.6 is 27.3 Å². The summed E-state index contributed by atoms with van der Waals surface area (Å²) in [7, 11) is -2.09. The van der Waals surface area contributed by atoms with Gasteiger partial charge in [-0.2, -0.15) is 0 Å². The molecule has 0 aliphatic rings. The van der Waals surface area contributed by atoms with Crippen molar-refractivity contribution in [3.8, 4) is 5.75 Å². The Kier molecular flexibility index (Phi) is 6.61. The largest absolute Gasteiger partial charge is 0.481 e. The number of anilines is 2. The van der Waals surface area contributed by atoms with Crippen LogP contribution in [0.5, 0.6) is 5.75 Å². The third-order valence-corrected chi connectivity index (χ3v) is 7.79. The quantitative estimate of drug-likeness (QED) is 0.514. The molecule has 1 amide bonds. The van der Waals surface area contributed by atoms with Crippen LogP contribution in [0, 0.1) is 0 Å². The highest BCUT2D eigenvalue weighted by atomic mass is 79.9. The molecule has 1 aromatic heterocycles. The monoisotopic (exact) mass is 494 g/mol. The van der Waals surface area contributed by atoms with Crippen LogP contribution in [0.4, 0.5) is 11.4 Å². The molecule has 1 atom stereocenters. The maximum absolute atomic E-state index is 12.6. The van der Waals surface area contributed by atoms with Crippen LogP contribution in [-0.4, -0.2) is 27.5 Å². The smallest absolute Gasteiger partial charge is 0.273 e. The molecule has 0 radical (unpaired) electrons. The third kappa shape index (κ3) is 5.17. The lowest BCUT2D eigenvalue weighted by molar-refractivity contribution is -0.122. The molecule has 0 spiro atoms. The molecular formula is C20H19BrN2O4S2. The summed E-state index contributed by atoms with van der Waals surface area (Å²) in [6, 6.07) is 17.1. The molecule has 3 rings (SSSR count). The fourth-order valence-corrected chi connectivity index (χ4v) is 5.07. The Hall–Kier alpha value is -2.36. The third-order valence-electron chi connectivity index (χ3n) is 4.10. The zero-order valence-corrected chi connectivity index (χ0v) is 18.9. The number of thiophene rings is 1. The molecule has 0 fully saturated rings. The summed E-state index contributed by atoms with van der Waals surface area (Å²) in [5, 5.41) is 4.50. The fourth-order valence-electron chi connectivity index (χ4n) is 2.45. The lowest BCUT2D eigenvalue weighted by Gasteiger charge is -2.19. The summed E-state index contributed by atoms with van der Waals surface area (Å²) in [6.45, 7) is 1.65. The standard InChI is InChI=1S/C20H19BrN2O4S2/c1-14(20(24)22-16-7-5-15(21)6-8-16)27-18-11-9-17(10-12-18)23(2)29(25,26)19-4-3-13-28-19/h3-14H,1-2H3,(H,22,24)/t14-/m0/s1. The minimum atomic E-state index is -3.59. The van der Waals surface area contributed by atoms with Crippen molar-refractivity contribution in [3.05, 3.63) is 70.5 Å². The molecule has 0 bridgehead atoms. The molecule has 0 saturated carbocycles. The number of halogens is 1. The van der Waals surface area contributed by atoms with Crippen LogP contribution in [0.3, 0.4) is 0 Å². The lowest BCUT2D eigenvalue weighted by atomic mass is 10.3. The summed E-state index contributed by atoms with van der Waals surface area (Å²) >= 11 is 4.51. The molecule has 0 saturated heterocycles. The van der Waals surface area contributed by atoms with Crippen molar-refractivity contribution < 1.29 is 17.9 Å². The van der Waals surface area contributed by atoms with Gasteiger partial charge in [-0.05, 0) is 66.9 Å². The van der Waals surface area contributed by atoms with Gasteiger partial charge in [0.1, 0.15) is 9.96 Å². The highest BCUT2D eigenvalue weighted by Crippen LogP contribution is 2.27. The molecule has 6 nitrogen and oxygen atoms in total. The van der Waals surface area contributed by atoms with Crippen LogP contribution < -0.4 is 14.4 Å². The number of sulfonamides is 1. The number of benzene rings is 2. The number of rotatable bonds is 7. The minimum absolute atomic E-state index is 0.276. The van der Waals surface area contributed by atoms with Crippen LogP contribution in [0.15, 0.2) is 74.7 Å². The van der Waals surface area contributed by atoms with Gasteiger partial charge in [0.25, 0.3) is 15.9 Å². The van der Waals surface area contributed by atoms with E-state index in [1.165, 1.54) is 22.7 Å². The van der Waals surface area contributed by atoms with Crippen LogP contribution in [-0.2, 0) is 14.8 Å². The van der Waals surface area contributed by atoms with E-state index in [2.05, 4.69) is 21.2 Å². The Balaban J connectivity index is 1.64. The van der Waals surface area contributed by atoms with E-state index in [9.17, 15) is 13.2 Å². The predicted octanol–water partition coefficient (Wildman–Crippen LogP) is 4.74. The second-order valence-corrected chi connectivity index (χ2v) is 10.2. The van der Waals surface area contributed by atoms with Crippen molar-refractivity contribution >= 4 is 54.6 Å². The first-order valence-electron chi connectivity index (χ1n) is 8.63. The second kappa shape index (κ2) is 8.98. The van der Waals surface area contributed by atoms with Crippen molar-refractivity contribution in [2.45, 2.75) is 17.2 Å². The van der Waals surface area contributed by atoms with Gasteiger partial charge in [-0.25, -0.2) is 8.42 Å². The predicted molar refractivity (Wildman–Crippen MR) is 119 cm³/mol. The average Bonchev–Trinajstić information content (AvgIpc) is 3.25. The Morgan fingerprint density at radius 2 is 1.76 bits per heavy atom. The van der Waals surface area contributed by atoms with Gasteiger partial charge in [-0.1, -0.05) is 22.0 Å². The molecule has 152 valence electrons. The maximum atomic E-state index is 12.6. The van der Waals surface area contributed by atoms with Crippen molar-refractivity contribution in [2.75, 3.05) is 16.7 Å². The molecular weight excluding hydrogens is 476 g/mol. The molecule has 2 aromatic carbocycles. The van der Waals surface area contributed by atoms with Crippen LogP contribution in [0.1, 0.15) is 6.92 Å². The fraction of sp³-hybridized carbons (Fsp3) is 0.150. The number of amides is 1. The van der Waals surface area contributed by atoms with Gasteiger partial charge >= 0.3 is 0 Å². The van der Waals surface area contributed by atoms with E-state index in [-0.39, 0.29) is 10.1 Å². The number of nitrogens with zero attached hydrogens (tertiary/aromatic N) is 1. The Bertz CT molecular complexity index is 1070. The summed E-state index contributed by atoms with van der Waals surface area (Å²) < 4.78 is 33.3. The van der Waals surface area contributed by atoms with E-state index >= 15 is 0 Å². The van der Waals surface area contributed by atoms with E-state index in [1.54, 1.807) is 60.8 Å². The normalized spacial score (nSPS) is 12.2. The number of carbonyl (C=O) groups excluding carboxylic acids is 1. The topological polar surface area (TPSA) is 75.7 Å². The van der Waals surface area contributed by atoms with E-state index in [0.29, 0.717) is 17.1 Å². The average molecular weight is 495 g/mol. The first-order valence-corrected chi connectivity index (χ1v) is 11.7. The highest BCUT2D eigenvalue weighted by molar-refractivity contribution is 9.10. The van der Waals surface area contributed by atoms with Gasteiger partial charge in [0.15, 0.2) is 6.10 Å². The molecule has 29 heavy (non-hydrogen) atoms. The zero-order valence-electron chi connectivity index (χ0n) is 15.7. The van der Waals surface area contributed by atoms with Crippen molar-refractivity contribution in [2.24, 2.45) is 0 Å². The first-order chi connectivity index (χ1) is 13.8. The maximum Gasteiger partial charge on any atom is 0.273 e. The number of hydrogen-bond acceptors (Lipinski definition) is 5. The summed E-state index contributed by atoms with van der Waals surface area (Å²) in [5.74, 6) is 0.183. The van der Waals surface area contributed by atoms with E-state index < -0.39 is 16.1 Å². The van der Waals surface area contributed by atoms with E-state index in [4.69, 9.17) is 4.74 Å². The number of ether oxygens (including phenoxy) is 1. The number of nitrogens with one attached hydrogen (secondary N) is 1. The van der Waals surface area contributed by atoms with Gasteiger partial charge < -0.3 is 10.1 Å². The molecule has 0 unspecified atom stereocenters. The van der Waals surface area contributed by atoms with Crippen LogP contribution in [0.2, 0.25) is 0 Å². The van der Waals surface area contributed by atoms with Gasteiger partial charge in [0, 0.05) is 17.2 Å². The van der Waals surface area contributed by atoms with Gasteiger partial charge in [-0.15, -0.1) is 11.3 Å². The summed E-state index contributed by atoms with van der Waals surface area (Å²) in [5.41, 5.74) is 1.17. The molecule has 9 heteroatoms. The zero-order chi connectivity index (χ0) is 21.0. The number of carbonyl (C=O) groups is 1. The summed E-state index contributed by atoms with van der Waals surface area (Å²) in [6.07, 6.45) is -0.725. The Morgan fingerprint density at radius 1 is 1.10 bits per heavy atom. The highest BCUT2D eigenvalue weighted by Gasteiger charge is 2.22. The summed E-state index contributed by atoms with van der Waals surface area (Å²) in [4.78, 5) is 12.3. The van der Waals surface area contributed by atoms with E-state index in [1.807, 2.05) is 12.1 Å². The molecule has 0 aliphatic heterocycles.